The minimum Gasteiger partial charge on any atom is -0.299 e. The first kappa shape index (κ1) is 14.0. The van der Waals surface area contributed by atoms with Crippen LogP contribution in [0.4, 0.5) is 0 Å². The van der Waals surface area contributed by atoms with Gasteiger partial charge in [0.25, 0.3) is 0 Å². The smallest absolute Gasteiger partial charge is 0.144 e. The van der Waals surface area contributed by atoms with Crippen molar-refractivity contribution in [1.29, 1.82) is 0 Å². The molecule has 2 rings (SSSR count). The number of carbonyl (C=O) groups is 1. The van der Waals surface area contributed by atoms with Crippen molar-refractivity contribution >= 4 is 5.78 Å². The Labute approximate surface area is 116 Å². The fourth-order valence-corrected chi connectivity index (χ4v) is 2.88. The van der Waals surface area contributed by atoms with E-state index in [9.17, 15) is 4.79 Å². The van der Waals surface area contributed by atoms with Crippen LogP contribution in [-0.4, -0.2) is 5.78 Å². The zero-order chi connectivity index (χ0) is 13.5. The molecule has 0 fully saturated rings. The number of unbranched alkanes of at least 4 members (excludes halogenated alkanes) is 3. The van der Waals surface area contributed by atoms with E-state index in [2.05, 4.69) is 37.3 Å². The second-order valence-electron chi connectivity index (χ2n) is 5.45. The summed E-state index contributed by atoms with van der Waals surface area (Å²) in [5.41, 5.74) is 2.60. The second kappa shape index (κ2) is 7.28. The Bertz CT molecular complexity index is 445. The van der Waals surface area contributed by atoms with Gasteiger partial charge in [0.05, 0.1) is 0 Å². The molecule has 0 saturated carbocycles. The molecule has 0 aliphatic heterocycles. The van der Waals surface area contributed by atoms with E-state index in [-0.39, 0.29) is 5.92 Å². The van der Waals surface area contributed by atoms with Gasteiger partial charge in [0.2, 0.25) is 0 Å². The Morgan fingerprint density at radius 3 is 2.68 bits per heavy atom. The first-order valence-corrected chi connectivity index (χ1v) is 7.58. The van der Waals surface area contributed by atoms with Crippen molar-refractivity contribution in [3.63, 3.8) is 0 Å². The molecule has 1 aliphatic carbocycles. The Morgan fingerprint density at radius 1 is 1.05 bits per heavy atom. The molecule has 1 aromatic carbocycles. The number of rotatable bonds is 5. The fraction of sp³-hybridized carbons (Fsp3) is 0.500. The van der Waals surface area contributed by atoms with Crippen molar-refractivity contribution < 1.29 is 4.79 Å². The molecule has 0 bridgehead atoms. The topological polar surface area (TPSA) is 17.1 Å². The number of Topliss-reactive ketones (excluding diaryl/α,β-unsaturated/α-hetero) is 1. The van der Waals surface area contributed by atoms with Crippen LogP contribution >= 0.6 is 0 Å². The summed E-state index contributed by atoms with van der Waals surface area (Å²) in [6, 6.07) is 8.46. The van der Waals surface area contributed by atoms with Crippen molar-refractivity contribution in [3.8, 4) is 0 Å². The molecule has 0 amide bonds. The highest BCUT2D eigenvalue weighted by atomic mass is 16.1. The molecule has 0 heterocycles. The Balaban J connectivity index is 2.13. The predicted octanol–water partition coefficient (Wildman–Crippen LogP) is 4.81. The molecule has 19 heavy (non-hydrogen) atoms. The maximum absolute atomic E-state index is 12.3. The van der Waals surface area contributed by atoms with Crippen LogP contribution in [0.5, 0.6) is 0 Å². The summed E-state index contributed by atoms with van der Waals surface area (Å²) in [5.74, 6) is 0.512. The highest BCUT2D eigenvalue weighted by molar-refractivity contribution is 5.87. The molecule has 0 spiro atoms. The lowest BCUT2D eigenvalue weighted by Crippen LogP contribution is -2.15. The lowest BCUT2D eigenvalue weighted by molar-refractivity contribution is -0.119. The van der Waals surface area contributed by atoms with Gasteiger partial charge in [0, 0.05) is 12.3 Å². The molecule has 1 aromatic rings. The van der Waals surface area contributed by atoms with Crippen molar-refractivity contribution in [1.82, 2.24) is 0 Å². The molecule has 0 aromatic heterocycles. The summed E-state index contributed by atoms with van der Waals surface area (Å²) in [6.45, 7) is 2.22. The number of fused-ring (bicyclic) bond motifs is 1. The van der Waals surface area contributed by atoms with Crippen molar-refractivity contribution in [2.75, 3.05) is 0 Å². The fourth-order valence-electron chi connectivity index (χ4n) is 2.88. The largest absolute Gasteiger partial charge is 0.299 e. The average molecular weight is 256 g/mol. The van der Waals surface area contributed by atoms with E-state index in [0.717, 1.165) is 12.8 Å². The van der Waals surface area contributed by atoms with Gasteiger partial charge in [-0.1, -0.05) is 69.0 Å². The molecule has 1 heteroatoms. The van der Waals surface area contributed by atoms with E-state index in [0.29, 0.717) is 12.2 Å². The van der Waals surface area contributed by atoms with Crippen LogP contribution in [0.1, 0.15) is 62.5 Å². The van der Waals surface area contributed by atoms with Gasteiger partial charge in [0.15, 0.2) is 0 Å². The van der Waals surface area contributed by atoms with Crippen LogP contribution in [0.2, 0.25) is 0 Å². The molecule has 1 nitrogen and oxygen atoms in total. The summed E-state index contributed by atoms with van der Waals surface area (Å²) in [7, 11) is 0. The van der Waals surface area contributed by atoms with E-state index in [1.54, 1.807) is 0 Å². The quantitative estimate of drug-likeness (QED) is 0.545. The number of hydrogen-bond acceptors (Lipinski definition) is 1. The van der Waals surface area contributed by atoms with Gasteiger partial charge >= 0.3 is 0 Å². The van der Waals surface area contributed by atoms with E-state index >= 15 is 0 Å². The molecule has 102 valence electrons. The standard InChI is InChI=1S/C18H24O/c1-2-3-4-5-13-17-16-12-8-6-10-15(16)11-7-9-14-18(17)19/h6-10,12,17H,2-5,11,13-14H2,1H3/b9-7-. The van der Waals surface area contributed by atoms with Crippen molar-refractivity contribution in [2.24, 2.45) is 0 Å². The maximum Gasteiger partial charge on any atom is 0.144 e. The monoisotopic (exact) mass is 256 g/mol. The minimum atomic E-state index is 0.123. The summed E-state index contributed by atoms with van der Waals surface area (Å²) >= 11 is 0. The third-order valence-corrected chi connectivity index (χ3v) is 3.99. The summed E-state index contributed by atoms with van der Waals surface area (Å²) in [5, 5.41) is 0. The van der Waals surface area contributed by atoms with E-state index < -0.39 is 0 Å². The summed E-state index contributed by atoms with van der Waals surface area (Å²) in [6.07, 6.45) is 11.7. The molecule has 1 aliphatic rings. The van der Waals surface area contributed by atoms with E-state index in [1.807, 2.05) is 6.08 Å². The van der Waals surface area contributed by atoms with Gasteiger partial charge in [-0.25, -0.2) is 0 Å². The molecule has 0 radical (unpaired) electrons. The van der Waals surface area contributed by atoms with Gasteiger partial charge in [-0.05, 0) is 24.0 Å². The summed E-state index contributed by atoms with van der Waals surface area (Å²) < 4.78 is 0. The van der Waals surface area contributed by atoms with Crippen LogP contribution in [0.25, 0.3) is 0 Å². The average Bonchev–Trinajstić information content (AvgIpc) is 2.42. The number of hydrogen-bond donors (Lipinski definition) is 0. The van der Waals surface area contributed by atoms with Gasteiger partial charge in [0.1, 0.15) is 5.78 Å². The second-order valence-corrected chi connectivity index (χ2v) is 5.45. The lowest BCUT2D eigenvalue weighted by Gasteiger charge is -2.20. The highest BCUT2D eigenvalue weighted by Gasteiger charge is 2.22. The first-order chi connectivity index (χ1) is 9.33. The van der Waals surface area contributed by atoms with Gasteiger partial charge in [-0.3, -0.25) is 4.79 Å². The molecule has 1 unspecified atom stereocenters. The number of allylic oxidation sites excluding steroid dienone is 2. The predicted molar refractivity (Wildman–Crippen MR) is 80.4 cm³/mol. The number of ketones is 1. The van der Waals surface area contributed by atoms with Crippen LogP contribution in [0.15, 0.2) is 36.4 Å². The molecular weight excluding hydrogens is 232 g/mol. The minimum absolute atomic E-state index is 0.123. The lowest BCUT2D eigenvalue weighted by atomic mass is 9.83. The molecule has 0 saturated heterocycles. The zero-order valence-electron chi connectivity index (χ0n) is 11.9. The van der Waals surface area contributed by atoms with Crippen LogP contribution in [0.3, 0.4) is 0 Å². The van der Waals surface area contributed by atoms with Gasteiger partial charge in [-0.2, -0.15) is 0 Å². The van der Waals surface area contributed by atoms with E-state index in [1.165, 1.54) is 36.8 Å². The third kappa shape index (κ3) is 3.79. The molecule has 0 N–H and O–H groups in total. The van der Waals surface area contributed by atoms with Crippen LogP contribution < -0.4 is 0 Å². The normalized spacial score (nSPS) is 20.5. The first-order valence-electron chi connectivity index (χ1n) is 7.58. The van der Waals surface area contributed by atoms with E-state index in [4.69, 9.17) is 0 Å². The van der Waals surface area contributed by atoms with Crippen molar-refractivity contribution in [3.05, 3.63) is 47.5 Å². The number of carbonyl (C=O) groups excluding carboxylic acids is 1. The van der Waals surface area contributed by atoms with Crippen LogP contribution in [-0.2, 0) is 11.2 Å². The molecular formula is C18H24O. The zero-order valence-corrected chi connectivity index (χ0v) is 11.9. The van der Waals surface area contributed by atoms with Crippen molar-refractivity contribution in [2.45, 2.75) is 57.8 Å². The Kier molecular flexibility index (Phi) is 5.38. The Morgan fingerprint density at radius 2 is 1.84 bits per heavy atom. The number of benzene rings is 1. The third-order valence-electron chi connectivity index (χ3n) is 3.99. The molecule has 1 atom stereocenters. The van der Waals surface area contributed by atoms with Crippen LogP contribution in [0, 0.1) is 0 Å². The SMILES string of the molecule is CCCCCCC1C(=O)C/C=C\Cc2ccccc21. The Hall–Kier alpha value is -1.37. The highest BCUT2D eigenvalue weighted by Crippen LogP contribution is 2.29. The maximum atomic E-state index is 12.3. The summed E-state index contributed by atoms with van der Waals surface area (Å²) in [4.78, 5) is 12.3. The van der Waals surface area contributed by atoms with Gasteiger partial charge < -0.3 is 0 Å². The van der Waals surface area contributed by atoms with Gasteiger partial charge in [-0.15, -0.1) is 0 Å².